The number of nitrogens with two attached hydrogens (primary N) is 1. The normalized spacial score (nSPS) is 10.0. The van der Waals surface area contributed by atoms with Crippen LogP contribution in [-0.4, -0.2) is 0 Å². The van der Waals surface area contributed by atoms with Gasteiger partial charge in [-0.1, -0.05) is 11.8 Å². The molecule has 0 spiro atoms. The maximum Gasteiger partial charge on any atom is 0.114 e. The van der Waals surface area contributed by atoms with E-state index in [9.17, 15) is 0 Å². The maximum atomic E-state index is 8.73. The van der Waals surface area contributed by atoms with Gasteiger partial charge >= 0.3 is 0 Å². The van der Waals surface area contributed by atoms with Gasteiger partial charge in [-0.3, -0.25) is 0 Å². The molecule has 80 valence electrons. The highest BCUT2D eigenvalue weighted by molar-refractivity contribution is 7.99. The van der Waals surface area contributed by atoms with E-state index in [0.29, 0.717) is 11.3 Å². The number of benzene rings is 1. The molecule has 2 N–H and O–H groups in total. The van der Waals surface area contributed by atoms with Crippen molar-refractivity contribution in [1.29, 1.82) is 5.26 Å². The summed E-state index contributed by atoms with van der Waals surface area (Å²) < 4.78 is 5.21. The Morgan fingerprint density at radius 2 is 2.12 bits per heavy atom. The SMILES string of the molecule is Cc1occc1Sc1ccc(C#N)cc1N. The zero-order chi connectivity index (χ0) is 11.5. The second kappa shape index (κ2) is 4.33. The average molecular weight is 230 g/mol. The lowest BCUT2D eigenvalue weighted by atomic mass is 10.2. The molecular weight excluding hydrogens is 220 g/mol. The molecule has 2 aromatic rings. The summed E-state index contributed by atoms with van der Waals surface area (Å²) in [4.78, 5) is 1.97. The van der Waals surface area contributed by atoms with E-state index in [2.05, 4.69) is 6.07 Å². The minimum atomic E-state index is 0.575. The van der Waals surface area contributed by atoms with E-state index in [4.69, 9.17) is 15.4 Å². The Morgan fingerprint density at radius 1 is 1.31 bits per heavy atom. The van der Waals surface area contributed by atoms with Gasteiger partial charge in [0.1, 0.15) is 5.76 Å². The van der Waals surface area contributed by atoms with Crippen molar-refractivity contribution in [3.05, 3.63) is 41.9 Å². The summed E-state index contributed by atoms with van der Waals surface area (Å²) in [6, 6.07) is 9.25. The molecule has 16 heavy (non-hydrogen) atoms. The summed E-state index contributed by atoms with van der Waals surface area (Å²) in [5.41, 5.74) is 7.05. The minimum Gasteiger partial charge on any atom is -0.468 e. The Morgan fingerprint density at radius 3 is 2.69 bits per heavy atom. The third-order valence-electron chi connectivity index (χ3n) is 2.17. The number of nitrogen functional groups attached to an aromatic ring is 1. The van der Waals surface area contributed by atoms with Crippen LogP contribution in [0.2, 0.25) is 0 Å². The van der Waals surface area contributed by atoms with Crippen LogP contribution >= 0.6 is 11.8 Å². The molecule has 0 aliphatic rings. The third-order valence-corrected chi connectivity index (χ3v) is 3.41. The third kappa shape index (κ3) is 2.05. The van der Waals surface area contributed by atoms with Crippen molar-refractivity contribution < 1.29 is 4.42 Å². The number of hydrogen-bond acceptors (Lipinski definition) is 4. The Bertz CT molecular complexity index is 554. The molecule has 1 aromatic carbocycles. The van der Waals surface area contributed by atoms with Crippen LogP contribution in [0.25, 0.3) is 0 Å². The number of anilines is 1. The molecule has 0 radical (unpaired) electrons. The molecule has 0 amide bonds. The second-order valence-corrected chi connectivity index (χ2v) is 4.39. The van der Waals surface area contributed by atoms with Gasteiger partial charge in [0.2, 0.25) is 0 Å². The van der Waals surface area contributed by atoms with Gasteiger partial charge in [0.25, 0.3) is 0 Å². The summed E-state index contributed by atoms with van der Waals surface area (Å²) in [6.45, 7) is 1.90. The van der Waals surface area contributed by atoms with Crippen LogP contribution in [0.15, 0.2) is 44.7 Å². The number of rotatable bonds is 2. The van der Waals surface area contributed by atoms with Crippen LogP contribution in [0, 0.1) is 18.3 Å². The highest BCUT2D eigenvalue weighted by Crippen LogP contribution is 2.34. The van der Waals surface area contributed by atoms with Gasteiger partial charge in [-0.25, -0.2) is 0 Å². The van der Waals surface area contributed by atoms with E-state index < -0.39 is 0 Å². The smallest absolute Gasteiger partial charge is 0.114 e. The summed E-state index contributed by atoms with van der Waals surface area (Å²) >= 11 is 1.54. The molecule has 4 heteroatoms. The first-order valence-electron chi connectivity index (χ1n) is 4.72. The summed E-state index contributed by atoms with van der Waals surface area (Å²) in [5.74, 6) is 0.869. The standard InChI is InChI=1S/C12H10N2OS/c1-8-11(4-5-15-8)16-12-3-2-9(7-13)6-10(12)14/h2-6H,14H2,1H3. The molecule has 1 aromatic heterocycles. The maximum absolute atomic E-state index is 8.73. The van der Waals surface area contributed by atoms with Crippen LogP contribution in [0.1, 0.15) is 11.3 Å². The molecule has 0 aliphatic heterocycles. The zero-order valence-electron chi connectivity index (χ0n) is 8.73. The lowest BCUT2D eigenvalue weighted by Gasteiger charge is -2.04. The first kappa shape index (κ1) is 10.7. The van der Waals surface area contributed by atoms with Crippen molar-refractivity contribution in [1.82, 2.24) is 0 Å². The highest BCUT2D eigenvalue weighted by Gasteiger charge is 2.07. The van der Waals surface area contributed by atoms with Crippen LogP contribution in [0.4, 0.5) is 5.69 Å². The van der Waals surface area contributed by atoms with Gasteiger partial charge in [-0.2, -0.15) is 5.26 Å². The predicted octanol–water partition coefficient (Wildman–Crippen LogP) is 3.19. The molecule has 0 bridgehead atoms. The number of nitrogens with zero attached hydrogens (tertiary/aromatic N) is 1. The van der Waals surface area contributed by atoms with E-state index in [1.54, 1.807) is 18.4 Å². The second-order valence-electron chi connectivity index (χ2n) is 3.31. The Labute approximate surface area is 97.9 Å². The lowest BCUT2D eigenvalue weighted by Crippen LogP contribution is -1.89. The van der Waals surface area contributed by atoms with E-state index in [1.807, 2.05) is 19.1 Å². The predicted molar refractivity (Wildman–Crippen MR) is 63.1 cm³/mol. The van der Waals surface area contributed by atoms with Crippen molar-refractivity contribution >= 4 is 17.4 Å². The number of aryl methyl sites for hydroxylation is 1. The topological polar surface area (TPSA) is 63.0 Å². The molecule has 2 rings (SSSR count). The summed E-state index contributed by atoms with van der Waals surface area (Å²) in [7, 11) is 0. The first-order chi connectivity index (χ1) is 7.70. The van der Waals surface area contributed by atoms with Crippen LogP contribution in [0.3, 0.4) is 0 Å². The average Bonchev–Trinajstić information content (AvgIpc) is 2.67. The fourth-order valence-electron chi connectivity index (χ4n) is 1.31. The van der Waals surface area contributed by atoms with E-state index in [1.165, 1.54) is 11.8 Å². The van der Waals surface area contributed by atoms with Crippen LogP contribution in [0.5, 0.6) is 0 Å². The minimum absolute atomic E-state index is 0.575. The number of furan rings is 1. The Balaban J connectivity index is 2.30. The van der Waals surface area contributed by atoms with Crippen LogP contribution in [-0.2, 0) is 0 Å². The van der Waals surface area contributed by atoms with Gasteiger partial charge in [0.05, 0.1) is 22.8 Å². The van der Waals surface area contributed by atoms with E-state index in [-0.39, 0.29) is 0 Å². The summed E-state index contributed by atoms with van der Waals surface area (Å²) in [5, 5.41) is 8.73. The van der Waals surface area contributed by atoms with Gasteiger partial charge in [-0.05, 0) is 31.2 Å². The lowest BCUT2D eigenvalue weighted by molar-refractivity contribution is 0.527. The molecule has 0 saturated heterocycles. The van der Waals surface area contributed by atoms with Crippen molar-refractivity contribution in [3.63, 3.8) is 0 Å². The molecule has 0 aliphatic carbocycles. The first-order valence-corrected chi connectivity index (χ1v) is 5.54. The monoisotopic (exact) mass is 230 g/mol. The molecule has 0 unspecified atom stereocenters. The van der Waals surface area contributed by atoms with Gasteiger partial charge in [0.15, 0.2) is 0 Å². The van der Waals surface area contributed by atoms with Crippen molar-refractivity contribution in [3.8, 4) is 6.07 Å². The molecule has 0 saturated carbocycles. The van der Waals surface area contributed by atoms with Crippen LogP contribution < -0.4 is 5.73 Å². The van der Waals surface area contributed by atoms with Gasteiger partial charge < -0.3 is 10.2 Å². The molecular formula is C12H10N2OS. The quantitative estimate of drug-likeness (QED) is 0.805. The molecule has 1 heterocycles. The summed E-state index contributed by atoms with van der Waals surface area (Å²) in [6.07, 6.45) is 1.65. The Kier molecular flexibility index (Phi) is 2.88. The number of nitriles is 1. The molecule has 0 atom stereocenters. The van der Waals surface area contributed by atoms with Crippen molar-refractivity contribution in [2.45, 2.75) is 16.7 Å². The Hall–Kier alpha value is -1.86. The van der Waals surface area contributed by atoms with E-state index in [0.717, 1.165) is 15.6 Å². The van der Waals surface area contributed by atoms with Crippen molar-refractivity contribution in [2.24, 2.45) is 0 Å². The fraction of sp³-hybridized carbons (Fsp3) is 0.0833. The van der Waals surface area contributed by atoms with Gasteiger partial charge in [-0.15, -0.1) is 0 Å². The zero-order valence-corrected chi connectivity index (χ0v) is 9.54. The fourth-order valence-corrected chi connectivity index (χ4v) is 2.17. The van der Waals surface area contributed by atoms with Crippen molar-refractivity contribution in [2.75, 3.05) is 5.73 Å². The molecule has 0 fully saturated rings. The highest BCUT2D eigenvalue weighted by atomic mass is 32.2. The largest absolute Gasteiger partial charge is 0.468 e. The molecule has 3 nitrogen and oxygen atoms in total. The number of hydrogen-bond donors (Lipinski definition) is 1. The van der Waals surface area contributed by atoms with Gasteiger partial charge in [0, 0.05) is 10.6 Å². The van der Waals surface area contributed by atoms with E-state index >= 15 is 0 Å².